The van der Waals surface area contributed by atoms with E-state index in [1.807, 2.05) is 0 Å². The molecule has 112 valence electrons. The zero-order valence-corrected chi connectivity index (χ0v) is 12.9. The van der Waals surface area contributed by atoms with Crippen LogP contribution in [0.5, 0.6) is 5.75 Å². The van der Waals surface area contributed by atoms with Crippen molar-refractivity contribution in [2.24, 2.45) is 11.7 Å². The van der Waals surface area contributed by atoms with Gasteiger partial charge in [-0.15, -0.1) is 0 Å². The summed E-state index contributed by atoms with van der Waals surface area (Å²) in [5.74, 6) is 1.70. The summed E-state index contributed by atoms with van der Waals surface area (Å²) in [6, 6.07) is 6.39. The fourth-order valence-electron chi connectivity index (χ4n) is 3.04. The lowest BCUT2D eigenvalue weighted by molar-refractivity contribution is 0.165. The van der Waals surface area contributed by atoms with Crippen LogP contribution in [0.1, 0.15) is 30.4 Å². The molecular weight excluding hydrogens is 248 g/mol. The van der Waals surface area contributed by atoms with Crippen molar-refractivity contribution in [3.05, 3.63) is 29.3 Å². The Morgan fingerprint density at radius 1 is 1.25 bits per heavy atom. The lowest BCUT2D eigenvalue weighted by atomic mass is 9.98. The third kappa shape index (κ3) is 4.80. The first-order chi connectivity index (χ1) is 9.67. The molecule has 0 saturated carbocycles. The summed E-state index contributed by atoms with van der Waals surface area (Å²) in [5.41, 5.74) is 8.30. The predicted molar refractivity (Wildman–Crippen MR) is 84.2 cm³/mol. The molecule has 20 heavy (non-hydrogen) atoms. The average Bonchev–Trinajstić information content (AvgIpc) is 2.43. The summed E-state index contributed by atoms with van der Waals surface area (Å²) < 4.78 is 5.86. The number of benzene rings is 1. The molecule has 0 amide bonds. The van der Waals surface area contributed by atoms with Gasteiger partial charge in [0.25, 0.3) is 0 Å². The molecule has 3 nitrogen and oxygen atoms in total. The molecule has 1 unspecified atom stereocenters. The second-order valence-corrected chi connectivity index (χ2v) is 6.07. The van der Waals surface area contributed by atoms with Gasteiger partial charge in [0.1, 0.15) is 5.75 Å². The number of rotatable bonds is 6. The molecule has 0 aromatic heterocycles. The van der Waals surface area contributed by atoms with Gasteiger partial charge in [0, 0.05) is 13.1 Å². The van der Waals surface area contributed by atoms with Gasteiger partial charge in [0.15, 0.2) is 0 Å². The maximum absolute atomic E-state index is 5.86. The van der Waals surface area contributed by atoms with Crippen LogP contribution in [-0.2, 0) is 0 Å². The summed E-state index contributed by atoms with van der Waals surface area (Å²) in [6.45, 7) is 9.37. The van der Waals surface area contributed by atoms with E-state index in [-0.39, 0.29) is 0 Å². The van der Waals surface area contributed by atoms with Crippen molar-refractivity contribution >= 4 is 0 Å². The van der Waals surface area contributed by atoms with Gasteiger partial charge < -0.3 is 15.4 Å². The van der Waals surface area contributed by atoms with Crippen LogP contribution in [0.25, 0.3) is 0 Å². The second kappa shape index (κ2) is 7.65. The van der Waals surface area contributed by atoms with E-state index in [0.29, 0.717) is 5.92 Å². The van der Waals surface area contributed by atoms with Crippen LogP contribution >= 0.6 is 0 Å². The predicted octanol–water partition coefficient (Wildman–Crippen LogP) is 2.74. The Morgan fingerprint density at radius 2 is 2.00 bits per heavy atom. The Kier molecular flexibility index (Phi) is 5.86. The number of likely N-dealkylation sites (tertiary alicyclic amines) is 1. The topological polar surface area (TPSA) is 38.5 Å². The summed E-state index contributed by atoms with van der Waals surface area (Å²) in [5, 5.41) is 0. The van der Waals surface area contributed by atoms with E-state index in [1.54, 1.807) is 0 Å². The zero-order chi connectivity index (χ0) is 14.4. The molecule has 1 aliphatic heterocycles. The summed E-state index contributed by atoms with van der Waals surface area (Å²) in [4.78, 5) is 2.53. The van der Waals surface area contributed by atoms with E-state index >= 15 is 0 Å². The molecule has 1 saturated heterocycles. The van der Waals surface area contributed by atoms with E-state index in [4.69, 9.17) is 10.5 Å². The van der Waals surface area contributed by atoms with E-state index in [2.05, 4.69) is 36.9 Å². The first-order valence-corrected chi connectivity index (χ1v) is 7.81. The summed E-state index contributed by atoms with van der Waals surface area (Å²) in [7, 11) is 0. The molecule has 1 heterocycles. The van der Waals surface area contributed by atoms with Crippen LogP contribution in [0.2, 0.25) is 0 Å². The standard InChI is InChI=1S/C17H28N2O/c1-14-9-15(2)11-17(10-14)20-8-4-7-19-6-3-5-16(12-18)13-19/h9-11,16H,3-8,12-13,18H2,1-2H3. The Morgan fingerprint density at radius 3 is 2.70 bits per heavy atom. The van der Waals surface area contributed by atoms with Gasteiger partial charge in [0.2, 0.25) is 0 Å². The van der Waals surface area contributed by atoms with E-state index in [9.17, 15) is 0 Å². The maximum Gasteiger partial charge on any atom is 0.119 e. The van der Waals surface area contributed by atoms with Gasteiger partial charge in [-0.3, -0.25) is 0 Å². The molecule has 1 aliphatic rings. The highest BCUT2D eigenvalue weighted by molar-refractivity contribution is 5.32. The molecule has 0 bridgehead atoms. The van der Waals surface area contributed by atoms with E-state index in [1.165, 1.54) is 37.1 Å². The van der Waals surface area contributed by atoms with Crippen molar-refractivity contribution in [1.29, 1.82) is 0 Å². The number of hydrogen-bond donors (Lipinski definition) is 1. The smallest absolute Gasteiger partial charge is 0.119 e. The van der Waals surface area contributed by atoms with E-state index in [0.717, 1.165) is 31.9 Å². The Bertz CT molecular complexity index is 399. The number of hydrogen-bond acceptors (Lipinski definition) is 3. The normalized spacial score (nSPS) is 20.1. The van der Waals surface area contributed by atoms with Gasteiger partial charge in [-0.1, -0.05) is 6.07 Å². The van der Waals surface area contributed by atoms with Crippen molar-refractivity contribution in [2.45, 2.75) is 33.1 Å². The largest absolute Gasteiger partial charge is 0.494 e. The summed E-state index contributed by atoms with van der Waals surface area (Å²) >= 11 is 0. The first-order valence-electron chi connectivity index (χ1n) is 7.81. The van der Waals surface area contributed by atoms with Crippen molar-refractivity contribution in [2.75, 3.05) is 32.8 Å². The molecule has 3 heteroatoms. The van der Waals surface area contributed by atoms with Gasteiger partial charge >= 0.3 is 0 Å². The van der Waals surface area contributed by atoms with E-state index < -0.39 is 0 Å². The minimum Gasteiger partial charge on any atom is -0.494 e. The Hall–Kier alpha value is -1.06. The molecule has 1 aromatic rings. The first kappa shape index (κ1) is 15.3. The van der Waals surface area contributed by atoms with Crippen molar-refractivity contribution < 1.29 is 4.74 Å². The quantitative estimate of drug-likeness (QED) is 0.812. The fraction of sp³-hybridized carbons (Fsp3) is 0.647. The van der Waals surface area contributed by atoms with Crippen molar-refractivity contribution in [3.63, 3.8) is 0 Å². The highest BCUT2D eigenvalue weighted by atomic mass is 16.5. The van der Waals surface area contributed by atoms with Gasteiger partial charge in [-0.05, 0) is 75.4 Å². The molecule has 2 rings (SSSR count). The number of ether oxygens (including phenoxy) is 1. The molecule has 0 aliphatic carbocycles. The molecule has 1 fully saturated rings. The minimum absolute atomic E-state index is 0.698. The zero-order valence-electron chi connectivity index (χ0n) is 12.9. The Balaban J connectivity index is 1.68. The molecule has 2 N–H and O–H groups in total. The molecule has 0 radical (unpaired) electrons. The maximum atomic E-state index is 5.86. The number of piperidine rings is 1. The highest BCUT2D eigenvalue weighted by Crippen LogP contribution is 2.17. The van der Waals surface area contributed by atoms with Crippen molar-refractivity contribution in [3.8, 4) is 5.75 Å². The van der Waals surface area contributed by atoms with Crippen LogP contribution < -0.4 is 10.5 Å². The number of nitrogens with two attached hydrogens (primary N) is 1. The third-order valence-corrected chi connectivity index (χ3v) is 4.02. The Labute approximate surface area is 123 Å². The number of nitrogens with zero attached hydrogens (tertiary/aromatic N) is 1. The van der Waals surface area contributed by atoms with Crippen LogP contribution in [0.4, 0.5) is 0 Å². The van der Waals surface area contributed by atoms with Crippen LogP contribution in [0.3, 0.4) is 0 Å². The monoisotopic (exact) mass is 276 g/mol. The average molecular weight is 276 g/mol. The molecular formula is C17H28N2O. The fourth-order valence-corrected chi connectivity index (χ4v) is 3.04. The van der Waals surface area contributed by atoms with Crippen LogP contribution in [0.15, 0.2) is 18.2 Å². The molecule has 1 atom stereocenters. The van der Waals surface area contributed by atoms with Gasteiger partial charge in [0.05, 0.1) is 6.61 Å². The lowest BCUT2D eigenvalue weighted by Crippen LogP contribution is -2.39. The second-order valence-electron chi connectivity index (χ2n) is 6.07. The number of aryl methyl sites for hydroxylation is 2. The van der Waals surface area contributed by atoms with Gasteiger partial charge in [-0.2, -0.15) is 0 Å². The van der Waals surface area contributed by atoms with Crippen LogP contribution in [0, 0.1) is 19.8 Å². The summed E-state index contributed by atoms with van der Waals surface area (Å²) in [6.07, 6.45) is 3.68. The highest BCUT2D eigenvalue weighted by Gasteiger charge is 2.17. The van der Waals surface area contributed by atoms with Crippen molar-refractivity contribution in [1.82, 2.24) is 4.90 Å². The van der Waals surface area contributed by atoms with Crippen LogP contribution in [-0.4, -0.2) is 37.7 Å². The van der Waals surface area contributed by atoms with Gasteiger partial charge in [-0.25, -0.2) is 0 Å². The molecule has 0 spiro atoms. The third-order valence-electron chi connectivity index (χ3n) is 4.02. The molecule has 1 aromatic carbocycles. The minimum atomic E-state index is 0.698. The lowest BCUT2D eigenvalue weighted by Gasteiger charge is -2.31. The SMILES string of the molecule is Cc1cc(C)cc(OCCCN2CCCC(CN)C2)c1.